The first-order chi connectivity index (χ1) is 16.5. The van der Waals surface area contributed by atoms with Crippen molar-refractivity contribution in [1.29, 1.82) is 0 Å². The van der Waals surface area contributed by atoms with Crippen molar-refractivity contribution in [2.75, 3.05) is 23.8 Å². The van der Waals surface area contributed by atoms with Crippen LogP contribution in [-0.2, 0) is 23.9 Å². The molecule has 0 spiro atoms. The predicted molar refractivity (Wildman–Crippen MR) is 128 cm³/mol. The number of carbonyl (C=O) groups is 4. The molecule has 3 aromatic rings. The lowest BCUT2D eigenvalue weighted by Crippen LogP contribution is -2.22. The van der Waals surface area contributed by atoms with Crippen molar-refractivity contribution < 1.29 is 28.7 Å². The van der Waals surface area contributed by atoms with Crippen LogP contribution in [0.1, 0.15) is 36.5 Å². The smallest absolute Gasteiger partial charge is 0.338 e. The van der Waals surface area contributed by atoms with Crippen LogP contribution in [-0.4, -0.2) is 37.0 Å². The second kappa shape index (κ2) is 12.2. The minimum absolute atomic E-state index is 0.107. The summed E-state index contributed by atoms with van der Waals surface area (Å²) in [5, 5.41) is 7.24. The maximum absolute atomic E-state index is 12.2. The molecule has 3 aromatic carbocycles. The summed E-state index contributed by atoms with van der Waals surface area (Å²) >= 11 is 0. The van der Waals surface area contributed by atoms with E-state index in [2.05, 4.69) is 10.6 Å². The number of nitrogens with one attached hydrogen (secondary N) is 2. The zero-order chi connectivity index (χ0) is 24.3. The molecule has 34 heavy (non-hydrogen) atoms. The van der Waals surface area contributed by atoms with Crippen LogP contribution >= 0.6 is 0 Å². The molecule has 0 aliphatic carbocycles. The quantitative estimate of drug-likeness (QED) is 0.435. The lowest BCUT2D eigenvalue weighted by molar-refractivity contribution is -0.147. The third-order valence-electron chi connectivity index (χ3n) is 4.83. The molecule has 3 rings (SSSR count). The first kappa shape index (κ1) is 24.4. The zero-order valence-electron chi connectivity index (χ0n) is 18.8. The van der Waals surface area contributed by atoms with Crippen molar-refractivity contribution in [2.24, 2.45) is 0 Å². The summed E-state index contributed by atoms with van der Waals surface area (Å²) in [7, 11) is 0. The molecule has 0 saturated heterocycles. The van der Waals surface area contributed by atoms with Gasteiger partial charge in [0.15, 0.2) is 6.61 Å². The Labute approximate surface area is 197 Å². The summed E-state index contributed by atoms with van der Waals surface area (Å²) < 4.78 is 10.0. The number of rotatable bonds is 10. The van der Waals surface area contributed by atoms with E-state index < -0.39 is 30.4 Å². The highest BCUT2D eigenvalue weighted by molar-refractivity contribution is 6.03. The minimum Gasteiger partial charge on any atom is -0.462 e. The van der Waals surface area contributed by atoms with Gasteiger partial charge in [0, 0.05) is 23.2 Å². The molecule has 0 unspecified atom stereocenters. The number of benzene rings is 3. The summed E-state index contributed by atoms with van der Waals surface area (Å²) in [6, 6.07) is 19.4. The van der Waals surface area contributed by atoms with Gasteiger partial charge in [-0.25, -0.2) is 4.79 Å². The Bertz CT molecular complexity index is 1170. The Morgan fingerprint density at radius 3 is 2.26 bits per heavy atom. The molecule has 0 aliphatic heterocycles. The molecule has 176 valence electrons. The minimum atomic E-state index is -0.655. The van der Waals surface area contributed by atoms with E-state index in [0.29, 0.717) is 23.5 Å². The van der Waals surface area contributed by atoms with Crippen LogP contribution in [0.2, 0.25) is 0 Å². The number of fused-ring (bicyclic) bond motifs is 1. The first-order valence-corrected chi connectivity index (χ1v) is 11.0. The summed E-state index contributed by atoms with van der Waals surface area (Å²) in [5.74, 6) is -1.94. The van der Waals surface area contributed by atoms with E-state index in [4.69, 9.17) is 9.47 Å². The van der Waals surface area contributed by atoms with Gasteiger partial charge in [-0.3, -0.25) is 14.4 Å². The molecule has 0 atom stereocenters. The number of amides is 2. The van der Waals surface area contributed by atoms with Gasteiger partial charge in [0.1, 0.15) is 0 Å². The molecule has 8 heteroatoms. The van der Waals surface area contributed by atoms with Crippen LogP contribution in [0.15, 0.2) is 66.7 Å². The van der Waals surface area contributed by atoms with Crippen LogP contribution < -0.4 is 10.6 Å². The Morgan fingerprint density at radius 2 is 1.50 bits per heavy atom. The molecule has 0 heterocycles. The molecule has 2 N–H and O–H groups in total. The summed E-state index contributed by atoms with van der Waals surface area (Å²) in [6.07, 6.45) is 0.454. The monoisotopic (exact) mass is 462 g/mol. The fourth-order valence-corrected chi connectivity index (χ4v) is 3.15. The van der Waals surface area contributed by atoms with Gasteiger partial charge in [-0.05, 0) is 42.1 Å². The van der Waals surface area contributed by atoms with Crippen molar-refractivity contribution in [3.63, 3.8) is 0 Å². The van der Waals surface area contributed by atoms with Crippen LogP contribution in [0.4, 0.5) is 11.4 Å². The highest BCUT2D eigenvalue weighted by Gasteiger charge is 2.12. The average molecular weight is 463 g/mol. The molecular weight excluding hydrogens is 436 g/mol. The molecule has 0 radical (unpaired) electrons. The fraction of sp³-hybridized carbons (Fsp3) is 0.231. The van der Waals surface area contributed by atoms with E-state index in [1.54, 1.807) is 30.3 Å². The summed E-state index contributed by atoms with van der Waals surface area (Å²) in [5.41, 5.74) is 1.50. The largest absolute Gasteiger partial charge is 0.462 e. The van der Waals surface area contributed by atoms with Crippen molar-refractivity contribution in [1.82, 2.24) is 0 Å². The number of ether oxygens (including phenoxy) is 2. The SMILES string of the molecule is CCCOC(=O)c1ccc(NC(=O)CCC(=O)OCC(=O)Nc2cccc3ccccc23)cc1. The third-order valence-corrected chi connectivity index (χ3v) is 4.83. The van der Waals surface area contributed by atoms with E-state index >= 15 is 0 Å². The zero-order valence-corrected chi connectivity index (χ0v) is 18.8. The Balaban J connectivity index is 1.39. The van der Waals surface area contributed by atoms with Crippen LogP contribution in [0.5, 0.6) is 0 Å². The normalized spacial score (nSPS) is 10.4. The van der Waals surface area contributed by atoms with Gasteiger partial charge in [0.2, 0.25) is 5.91 Å². The van der Waals surface area contributed by atoms with Gasteiger partial charge in [0.25, 0.3) is 5.91 Å². The number of esters is 2. The van der Waals surface area contributed by atoms with Crippen molar-refractivity contribution >= 4 is 45.9 Å². The van der Waals surface area contributed by atoms with Gasteiger partial charge < -0.3 is 20.1 Å². The molecular formula is C26H26N2O6. The molecule has 8 nitrogen and oxygen atoms in total. The molecule has 0 saturated carbocycles. The second-order valence-electron chi connectivity index (χ2n) is 7.50. The summed E-state index contributed by atoms with van der Waals surface area (Å²) in [6.45, 7) is 1.81. The van der Waals surface area contributed by atoms with E-state index in [-0.39, 0.29) is 12.8 Å². The second-order valence-corrected chi connectivity index (χ2v) is 7.50. The van der Waals surface area contributed by atoms with E-state index in [1.807, 2.05) is 43.3 Å². The van der Waals surface area contributed by atoms with Gasteiger partial charge in [0.05, 0.1) is 18.6 Å². The maximum Gasteiger partial charge on any atom is 0.338 e. The van der Waals surface area contributed by atoms with Gasteiger partial charge in [-0.1, -0.05) is 43.3 Å². The topological polar surface area (TPSA) is 111 Å². The van der Waals surface area contributed by atoms with Crippen molar-refractivity contribution in [3.05, 3.63) is 72.3 Å². The van der Waals surface area contributed by atoms with Gasteiger partial charge >= 0.3 is 11.9 Å². The van der Waals surface area contributed by atoms with Crippen LogP contribution in [0.25, 0.3) is 10.8 Å². The highest BCUT2D eigenvalue weighted by Crippen LogP contribution is 2.22. The average Bonchev–Trinajstić information content (AvgIpc) is 2.85. The lowest BCUT2D eigenvalue weighted by Gasteiger charge is -2.09. The first-order valence-electron chi connectivity index (χ1n) is 11.0. The number of hydrogen-bond acceptors (Lipinski definition) is 6. The Morgan fingerprint density at radius 1 is 0.765 bits per heavy atom. The number of anilines is 2. The maximum atomic E-state index is 12.2. The van der Waals surface area contributed by atoms with Crippen LogP contribution in [0.3, 0.4) is 0 Å². The lowest BCUT2D eigenvalue weighted by atomic mass is 10.1. The predicted octanol–water partition coefficient (Wildman–Crippen LogP) is 4.31. The standard InChI is InChI=1S/C26H26N2O6/c1-2-16-33-26(32)19-10-12-20(13-11-19)27-23(29)14-15-25(31)34-17-24(30)28-22-9-5-7-18-6-3-4-8-21(18)22/h3-13H,2,14-17H2,1H3,(H,27,29)(H,28,30). The van der Waals surface area contributed by atoms with Gasteiger partial charge in [-0.15, -0.1) is 0 Å². The van der Waals surface area contributed by atoms with E-state index in [1.165, 1.54) is 0 Å². The molecule has 2 amide bonds. The molecule has 0 aliphatic rings. The molecule has 0 bridgehead atoms. The van der Waals surface area contributed by atoms with Gasteiger partial charge in [-0.2, -0.15) is 0 Å². The summed E-state index contributed by atoms with van der Waals surface area (Å²) in [4.78, 5) is 48.0. The fourth-order valence-electron chi connectivity index (χ4n) is 3.15. The Kier molecular flexibility index (Phi) is 8.73. The van der Waals surface area contributed by atoms with E-state index in [9.17, 15) is 19.2 Å². The third kappa shape index (κ3) is 7.16. The molecule has 0 aromatic heterocycles. The number of hydrogen-bond donors (Lipinski definition) is 2. The van der Waals surface area contributed by atoms with E-state index in [0.717, 1.165) is 17.2 Å². The van der Waals surface area contributed by atoms with Crippen molar-refractivity contribution in [3.8, 4) is 0 Å². The van der Waals surface area contributed by atoms with Crippen molar-refractivity contribution in [2.45, 2.75) is 26.2 Å². The Hall–Kier alpha value is -4.20. The van der Waals surface area contributed by atoms with Crippen LogP contribution in [0, 0.1) is 0 Å². The number of carbonyl (C=O) groups excluding carboxylic acids is 4. The molecule has 0 fully saturated rings. The highest BCUT2D eigenvalue weighted by atomic mass is 16.5.